The highest BCUT2D eigenvalue weighted by Gasteiger charge is 2.19. The average molecular weight is 356 g/mol. The van der Waals surface area contributed by atoms with Gasteiger partial charge in [0.1, 0.15) is 17.2 Å². The Labute approximate surface area is 155 Å². The van der Waals surface area contributed by atoms with E-state index in [1.807, 2.05) is 56.6 Å². The van der Waals surface area contributed by atoms with Crippen molar-refractivity contribution < 1.29 is 14.3 Å². The van der Waals surface area contributed by atoms with Gasteiger partial charge in [0.15, 0.2) is 6.61 Å². The van der Waals surface area contributed by atoms with E-state index in [1.165, 1.54) is 0 Å². The second kappa shape index (κ2) is 9.25. The van der Waals surface area contributed by atoms with Crippen LogP contribution in [0.2, 0.25) is 0 Å². The predicted octanol–water partition coefficient (Wildman–Crippen LogP) is 3.56. The molecule has 0 bridgehead atoms. The van der Waals surface area contributed by atoms with Crippen molar-refractivity contribution in [2.45, 2.75) is 13.8 Å². The van der Waals surface area contributed by atoms with Crippen LogP contribution < -0.4 is 14.8 Å². The van der Waals surface area contributed by atoms with Crippen molar-refractivity contribution in [2.75, 3.05) is 33.8 Å². The molecule has 26 heavy (non-hydrogen) atoms. The van der Waals surface area contributed by atoms with Gasteiger partial charge in [-0.25, -0.2) is 0 Å². The summed E-state index contributed by atoms with van der Waals surface area (Å²) in [6.07, 6.45) is 0. The highest BCUT2D eigenvalue weighted by Crippen LogP contribution is 2.23. The summed E-state index contributed by atoms with van der Waals surface area (Å²) in [7, 11) is 4.05. The minimum Gasteiger partial charge on any atom is -0.484 e. The van der Waals surface area contributed by atoms with E-state index in [0.717, 1.165) is 18.0 Å². The number of rotatable bonds is 9. The van der Waals surface area contributed by atoms with Crippen LogP contribution in [0.4, 0.5) is 0 Å². The summed E-state index contributed by atoms with van der Waals surface area (Å²) in [5.74, 6) is 2.01. The minimum atomic E-state index is -0.124. The molecule has 5 heteroatoms. The number of nitrogens with one attached hydrogen (secondary N) is 1. The summed E-state index contributed by atoms with van der Waals surface area (Å²) in [5.41, 5.74) is 0.00951. The molecule has 5 nitrogen and oxygen atoms in total. The van der Waals surface area contributed by atoms with Crippen LogP contribution in [0.3, 0.4) is 0 Å². The minimum absolute atomic E-state index is 0.00304. The summed E-state index contributed by atoms with van der Waals surface area (Å²) in [4.78, 5) is 14.1. The van der Waals surface area contributed by atoms with Gasteiger partial charge in [-0.1, -0.05) is 32.0 Å². The fourth-order valence-electron chi connectivity index (χ4n) is 2.68. The summed E-state index contributed by atoms with van der Waals surface area (Å²) >= 11 is 0. The molecule has 0 unspecified atom stereocenters. The van der Waals surface area contributed by atoms with Gasteiger partial charge in [0.2, 0.25) is 0 Å². The molecule has 1 amide bonds. The number of carbonyl (C=O) groups is 1. The summed E-state index contributed by atoms with van der Waals surface area (Å²) in [5, 5.41) is 2.93. The first-order valence-electron chi connectivity index (χ1n) is 8.71. The molecule has 0 saturated heterocycles. The fraction of sp³-hybridized carbons (Fsp3) is 0.381. The van der Waals surface area contributed by atoms with E-state index in [0.29, 0.717) is 12.3 Å². The first-order chi connectivity index (χ1) is 12.3. The first-order valence-corrected chi connectivity index (χ1v) is 8.71. The van der Waals surface area contributed by atoms with Crippen LogP contribution in [0.15, 0.2) is 54.6 Å². The molecule has 0 heterocycles. The number of carbonyl (C=O) groups excluding carboxylic acids is 1. The van der Waals surface area contributed by atoms with Crippen molar-refractivity contribution in [1.29, 1.82) is 0 Å². The lowest BCUT2D eigenvalue weighted by Crippen LogP contribution is -2.41. The Balaban J connectivity index is 1.76. The largest absolute Gasteiger partial charge is 0.484 e. The maximum absolute atomic E-state index is 12.0. The molecule has 140 valence electrons. The molecule has 0 aliphatic heterocycles. The SMILES string of the molecule is CN(C)CC(C)(C)CNC(=O)COc1ccc(Oc2ccccc2)cc1. The zero-order valence-corrected chi connectivity index (χ0v) is 16.0. The molecule has 0 aliphatic rings. The lowest BCUT2D eigenvalue weighted by Gasteiger charge is -2.28. The molecule has 1 N–H and O–H groups in total. The topological polar surface area (TPSA) is 50.8 Å². The van der Waals surface area contributed by atoms with Gasteiger partial charge < -0.3 is 19.7 Å². The molecule has 2 aromatic carbocycles. The molecule has 0 aliphatic carbocycles. The molecular formula is C21H28N2O3. The van der Waals surface area contributed by atoms with Crippen LogP contribution in [0.1, 0.15) is 13.8 Å². The van der Waals surface area contributed by atoms with Gasteiger partial charge >= 0.3 is 0 Å². The standard InChI is InChI=1S/C21H28N2O3/c1-21(2,16-23(3)4)15-22-20(24)14-25-17-10-12-19(13-11-17)26-18-8-6-5-7-9-18/h5-13H,14-16H2,1-4H3,(H,22,24). The Kier molecular flexibility index (Phi) is 7.04. The van der Waals surface area contributed by atoms with Gasteiger partial charge in [0, 0.05) is 13.1 Å². The molecule has 0 aromatic heterocycles. The molecule has 0 atom stereocenters. The number of hydrogen-bond donors (Lipinski definition) is 1. The van der Waals surface area contributed by atoms with E-state index in [9.17, 15) is 4.79 Å². The van der Waals surface area contributed by atoms with Crippen molar-refractivity contribution in [3.63, 3.8) is 0 Å². The van der Waals surface area contributed by atoms with Crippen LogP contribution in [-0.4, -0.2) is 44.6 Å². The van der Waals surface area contributed by atoms with E-state index < -0.39 is 0 Å². The maximum Gasteiger partial charge on any atom is 0.257 e. The van der Waals surface area contributed by atoms with Gasteiger partial charge in [-0.05, 0) is 55.9 Å². The van der Waals surface area contributed by atoms with E-state index in [-0.39, 0.29) is 17.9 Å². The van der Waals surface area contributed by atoms with E-state index in [2.05, 4.69) is 24.1 Å². The number of hydrogen-bond acceptors (Lipinski definition) is 4. The van der Waals surface area contributed by atoms with Crippen LogP contribution in [0.5, 0.6) is 17.2 Å². The third-order valence-electron chi connectivity index (χ3n) is 3.68. The smallest absolute Gasteiger partial charge is 0.257 e. The second-order valence-corrected chi connectivity index (χ2v) is 7.35. The molecular weight excluding hydrogens is 328 g/mol. The molecule has 2 rings (SSSR count). The number of amides is 1. The van der Waals surface area contributed by atoms with Gasteiger partial charge in [-0.15, -0.1) is 0 Å². The molecule has 0 saturated carbocycles. The highest BCUT2D eigenvalue weighted by molar-refractivity contribution is 5.77. The van der Waals surface area contributed by atoms with Crippen LogP contribution in [0.25, 0.3) is 0 Å². The van der Waals surface area contributed by atoms with Gasteiger partial charge in [0.25, 0.3) is 5.91 Å². The zero-order valence-electron chi connectivity index (χ0n) is 16.0. The third kappa shape index (κ3) is 7.15. The quantitative estimate of drug-likeness (QED) is 0.746. The lowest BCUT2D eigenvalue weighted by molar-refractivity contribution is -0.123. The molecule has 2 aromatic rings. The normalized spacial score (nSPS) is 11.3. The Morgan fingerprint density at radius 1 is 0.962 bits per heavy atom. The number of nitrogens with zero attached hydrogens (tertiary/aromatic N) is 1. The van der Waals surface area contributed by atoms with Crippen LogP contribution >= 0.6 is 0 Å². The second-order valence-electron chi connectivity index (χ2n) is 7.35. The zero-order chi connectivity index (χ0) is 19.0. The van der Waals surface area contributed by atoms with Crippen molar-refractivity contribution in [1.82, 2.24) is 10.2 Å². The first kappa shape index (κ1) is 19.8. The number of para-hydroxylation sites is 1. The van der Waals surface area contributed by atoms with Gasteiger partial charge in [0.05, 0.1) is 0 Å². The number of benzene rings is 2. The van der Waals surface area contributed by atoms with Gasteiger partial charge in [-0.3, -0.25) is 4.79 Å². The fourth-order valence-corrected chi connectivity index (χ4v) is 2.68. The number of ether oxygens (including phenoxy) is 2. The lowest BCUT2D eigenvalue weighted by atomic mass is 9.93. The Morgan fingerprint density at radius 3 is 2.15 bits per heavy atom. The predicted molar refractivity (Wildman–Crippen MR) is 104 cm³/mol. The van der Waals surface area contributed by atoms with E-state index in [1.54, 1.807) is 12.1 Å². The highest BCUT2D eigenvalue weighted by atomic mass is 16.5. The summed E-state index contributed by atoms with van der Waals surface area (Å²) in [6, 6.07) is 16.8. The Hall–Kier alpha value is -2.53. The van der Waals surface area contributed by atoms with Crippen molar-refractivity contribution in [2.24, 2.45) is 5.41 Å². The van der Waals surface area contributed by atoms with E-state index in [4.69, 9.17) is 9.47 Å². The monoisotopic (exact) mass is 356 g/mol. The van der Waals surface area contributed by atoms with Crippen LogP contribution in [0, 0.1) is 5.41 Å². The third-order valence-corrected chi connectivity index (χ3v) is 3.68. The average Bonchev–Trinajstić information content (AvgIpc) is 2.59. The van der Waals surface area contributed by atoms with Crippen molar-refractivity contribution >= 4 is 5.91 Å². The summed E-state index contributed by atoms with van der Waals surface area (Å²) in [6.45, 7) is 5.75. The van der Waals surface area contributed by atoms with E-state index >= 15 is 0 Å². The van der Waals surface area contributed by atoms with Crippen molar-refractivity contribution in [3.8, 4) is 17.2 Å². The molecule has 0 fully saturated rings. The van der Waals surface area contributed by atoms with Gasteiger partial charge in [-0.2, -0.15) is 0 Å². The summed E-state index contributed by atoms with van der Waals surface area (Å²) < 4.78 is 11.3. The maximum atomic E-state index is 12.0. The van der Waals surface area contributed by atoms with Crippen LogP contribution in [-0.2, 0) is 4.79 Å². The Morgan fingerprint density at radius 2 is 1.54 bits per heavy atom. The molecule has 0 spiro atoms. The molecule has 0 radical (unpaired) electrons. The Bertz CT molecular complexity index is 682. The van der Waals surface area contributed by atoms with Crippen molar-refractivity contribution in [3.05, 3.63) is 54.6 Å².